The molecule has 0 heterocycles. The first-order valence-corrected chi connectivity index (χ1v) is 8.86. The quantitative estimate of drug-likeness (QED) is 0.706. The molecule has 2 aromatic carbocycles. The topological polar surface area (TPSA) is 35.5 Å². The number of hydrogen-bond acceptors (Lipinski definition) is 3. The van der Waals surface area contributed by atoms with Crippen molar-refractivity contribution in [3.8, 4) is 0 Å². The summed E-state index contributed by atoms with van der Waals surface area (Å²) in [6.07, 6.45) is 0.888. The van der Waals surface area contributed by atoms with Gasteiger partial charge in [-0.15, -0.1) is 0 Å². The first-order valence-electron chi connectivity index (χ1n) is 8.86. The minimum Gasteiger partial charge on any atom is -0.460 e. The Balaban J connectivity index is 1.47. The Morgan fingerprint density at radius 3 is 2.16 bits per heavy atom. The molecule has 0 bridgehead atoms. The standard InChI is InChI=1S/C22H26O3/c1-22(2,3)25-21(23)20-13-19(20)18-11-9-17(10-12-18)15-24-14-16-7-5-4-6-8-16/h4-12,19-20H,13-15H2,1-3H3. The van der Waals surface area contributed by atoms with Crippen LogP contribution in [0.25, 0.3) is 0 Å². The van der Waals surface area contributed by atoms with Crippen molar-refractivity contribution in [2.75, 3.05) is 0 Å². The number of ether oxygens (including phenoxy) is 2. The van der Waals surface area contributed by atoms with Gasteiger partial charge in [-0.2, -0.15) is 0 Å². The van der Waals surface area contributed by atoms with Crippen molar-refractivity contribution in [3.63, 3.8) is 0 Å². The van der Waals surface area contributed by atoms with E-state index in [1.165, 1.54) is 11.1 Å². The Hall–Kier alpha value is -2.13. The van der Waals surface area contributed by atoms with E-state index in [-0.39, 0.29) is 11.9 Å². The van der Waals surface area contributed by atoms with Crippen molar-refractivity contribution in [3.05, 3.63) is 71.3 Å². The number of rotatable bonds is 6. The molecular weight excluding hydrogens is 312 g/mol. The summed E-state index contributed by atoms with van der Waals surface area (Å²) in [5.41, 5.74) is 3.12. The number of esters is 1. The van der Waals surface area contributed by atoms with Crippen molar-refractivity contribution in [1.82, 2.24) is 0 Å². The Kier molecular flexibility index (Phi) is 5.24. The number of carbonyl (C=O) groups excluding carboxylic acids is 1. The van der Waals surface area contributed by atoms with Gasteiger partial charge in [-0.05, 0) is 49.8 Å². The average molecular weight is 338 g/mol. The van der Waals surface area contributed by atoms with Crippen LogP contribution in [0.5, 0.6) is 0 Å². The summed E-state index contributed by atoms with van der Waals surface area (Å²) in [6, 6.07) is 18.6. The highest BCUT2D eigenvalue weighted by atomic mass is 16.6. The highest BCUT2D eigenvalue weighted by Gasteiger charge is 2.46. The maximum Gasteiger partial charge on any atom is 0.310 e. The molecule has 2 aromatic rings. The molecule has 132 valence electrons. The third kappa shape index (κ3) is 5.17. The van der Waals surface area contributed by atoms with Crippen molar-refractivity contribution < 1.29 is 14.3 Å². The predicted octanol–water partition coefficient (Wildman–Crippen LogP) is 4.85. The maximum absolute atomic E-state index is 12.1. The van der Waals surface area contributed by atoms with Crippen LogP contribution in [0.4, 0.5) is 0 Å². The lowest BCUT2D eigenvalue weighted by Gasteiger charge is -2.19. The minimum atomic E-state index is -0.413. The average Bonchev–Trinajstić information content (AvgIpc) is 3.36. The fraction of sp³-hybridized carbons (Fsp3) is 0.409. The third-order valence-electron chi connectivity index (χ3n) is 4.29. The summed E-state index contributed by atoms with van der Waals surface area (Å²) >= 11 is 0. The SMILES string of the molecule is CC(C)(C)OC(=O)C1CC1c1ccc(COCc2ccccc2)cc1. The Morgan fingerprint density at radius 1 is 0.960 bits per heavy atom. The molecule has 1 aliphatic rings. The molecule has 2 unspecified atom stereocenters. The second-order valence-electron chi connectivity index (χ2n) is 7.70. The van der Waals surface area contributed by atoms with E-state index in [9.17, 15) is 4.79 Å². The largest absolute Gasteiger partial charge is 0.460 e. The Labute approximate surface area is 150 Å². The van der Waals surface area contributed by atoms with Gasteiger partial charge in [0.15, 0.2) is 0 Å². The van der Waals surface area contributed by atoms with Crippen LogP contribution in [-0.2, 0) is 27.5 Å². The second-order valence-corrected chi connectivity index (χ2v) is 7.70. The number of carbonyl (C=O) groups is 1. The fourth-order valence-corrected chi connectivity index (χ4v) is 2.92. The van der Waals surface area contributed by atoms with E-state index in [2.05, 4.69) is 36.4 Å². The molecule has 2 atom stereocenters. The van der Waals surface area contributed by atoms with E-state index in [4.69, 9.17) is 9.47 Å². The van der Waals surface area contributed by atoms with Gasteiger partial charge in [-0.25, -0.2) is 0 Å². The van der Waals surface area contributed by atoms with Crippen LogP contribution in [0.1, 0.15) is 49.8 Å². The van der Waals surface area contributed by atoms with Crippen LogP contribution in [-0.4, -0.2) is 11.6 Å². The molecular formula is C22H26O3. The molecule has 25 heavy (non-hydrogen) atoms. The van der Waals surface area contributed by atoms with Crippen molar-refractivity contribution >= 4 is 5.97 Å². The lowest BCUT2D eigenvalue weighted by molar-refractivity contribution is -0.156. The zero-order valence-corrected chi connectivity index (χ0v) is 15.2. The van der Waals surface area contributed by atoms with Gasteiger partial charge >= 0.3 is 5.97 Å². The van der Waals surface area contributed by atoms with E-state index in [1.54, 1.807) is 0 Å². The van der Waals surface area contributed by atoms with Crippen LogP contribution in [0.15, 0.2) is 54.6 Å². The molecule has 3 nitrogen and oxygen atoms in total. The van der Waals surface area contributed by atoms with Gasteiger partial charge in [0.05, 0.1) is 19.1 Å². The fourth-order valence-electron chi connectivity index (χ4n) is 2.92. The van der Waals surface area contributed by atoms with Crippen LogP contribution in [0.3, 0.4) is 0 Å². The summed E-state index contributed by atoms with van der Waals surface area (Å²) in [4.78, 5) is 12.1. The van der Waals surface area contributed by atoms with Gasteiger partial charge in [0.25, 0.3) is 0 Å². The molecule has 3 rings (SSSR count). The van der Waals surface area contributed by atoms with Crippen LogP contribution in [0.2, 0.25) is 0 Å². The van der Waals surface area contributed by atoms with Gasteiger partial charge in [0.2, 0.25) is 0 Å². The number of benzene rings is 2. The van der Waals surface area contributed by atoms with E-state index in [0.717, 1.165) is 12.0 Å². The first kappa shape index (κ1) is 17.7. The monoisotopic (exact) mass is 338 g/mol. The summed E-state index contributed by atoms with van der Waals surface area (Å²) in [7, 11) is 0. The smallest absolute Gasteiger partial charge is 0.310 e. The summed E-state index contributed by atoms with van der Waals surface area (Å²) in [5.74, 6) is 0.237. The molecule has 3 heteroatoms. The molecule has 0 spiro atoms. The molecule has 0 N–H and O–H groups in total. The summed E-state index contributed by atoms with van der Waals surface area (Å²) < 4.78 is 11.2. The molecule has 0 aromatic heterocycles. The maximum atomic E-state index is 12.1. The zero-order valence-electron chi connectivity index (χ0n) is 15.2. The minimum absolute atomic E-state index is 0.0133. The zero-order chi connectivity index (χ0) is 17.9. The van der Waals surface area contributed by atoms with Crippen LogP contribution >= 0.6 is 0 Å². The van der Waals surface area contributed by atoms with Crippen molar-refractivity contribution in [2.45, 2.75) is 51.9 Å². The van der Waals surface area contributed by atoms with Crippen molar-refractivity contribution in [2.24, 2.45) is 5.92 Å². The molecule has 1 fully saturated rings. The molecule has 0 amide bonds. The van der Waals surface area contributed by atoms with Gasteiger partial charge in [-0.3, -0.25) is 4.79 Å². The molecule has 0 saturated heterocycles. The van der Waals surface area contributed by atoms with E-state index >= 15 is 0 Å². The third-order valence-corrected chi connectivity index (χ3v) is 4.29. The molecule has 1 saturated carbocycles. The predicted molar refractivity (Wildman–Crippen MR) is 98.1 cm³/mol. The second kappa shape index (κ2) is 7.40. The summed E-state index contributed by atoms with van der Waals surface area (Å²) in [5, 5.41) is 0. The molecule has 0 radical (unpaired) electrons. The van der Waals surface area contributed by atoms with Gasteiger partial charge in [0.1, 0.15) is 5.60 Å². The Morgan fingerprint density at radius 2 is 1.56 bits per heavy atom. The van der Waals surface area contributed by atoms with Crippen LogP contribution < -0.4 is 0 Å². The summed E-state index contributed by atoms with van der Waals surface area (Å²) in [6.45, 7) is 6.94. The van der Waals surface area contributed by atoms with Crippen molar-refractivity contribution in [1.29, 1.82) is 0 Å². The highest BCUT2D eigenvalue weighted by Crippen LogP contribution is 2.48. The molecule has 1 aliphatic carbocycles. The van der Waals surface area contributed by atoms with Gasteiger partial charge < -0.3 is 9.47 Å². The van der Waals surface area contributed by atoms with E-state index in [1.807, 2.05) is 39.0 Å². The van der Waals surface area contributed by atoms with Gasteiger partial charge in [0, 0.05) is 0 Å². The van der Waals surface area contributed by atoms with Crippen LogP contribution in [0, 0.1) is 5.92 Å². The normalized spacial score (nSPS) is 19.5. The molecule has 0 aliphatic heterocycles. The van der Waals surface area contributed by atoms with Gasteiger partial charge in [-0.1, -0.05) is 54.6 Å². The number of hydrogen-bond donors (Lipinski definition) is 0. The Bertz CT molecular complexity index is 698. The van der Waals surface area contributed by atoms with E-state index in [0.29, 0.717) is 19.1 Å². The lowest BCUT2D eigenvalue weighted by atomic mass is 10.1. The first-order chi connectivity index (χ1) is 11.9. The lowest BCUT2D eigenvalue weighted by Crippen LogP contribution is -2.25. The highest BCUT2D eigenvalue weighted by molar-refractivity contribution is 5.77. The van der Waals surface area contributed by atoms with E-state index < -0.39 is 5.60 Å².